The molecule has 218 valence electrons. The SMILES string of the molecule is C1=CC(OCc2cc(COc3ccccc3CC3CO3)cc(COc3ccccc3CC3CO3)c2)=C(CC2CO2)CC1. The van der Waals surface area contributed by atoms with Gasteiger partial charge in [-0.2, -0.15) is 0 Å². The van der Waals surface area contributed by atoms with E-state index in [0.29, 0.717) is 38.1 Å². The Kier molecular flexibility index (Phi) is 8.27. The highest BCUT2D eigenvalue weighted by atomic mass is 16.6. The van der Waals surface area contributed by atoms with Crippen molar-refractivity contribution < 1.29 is 28.4 Å². The zero-order chi connectivity index (χ0) is 28.1. The minimum Gasteiger partial charge on any atom is -0.489 e. The molecule has 0 aromatic heterocycles. The Morgan fingerprint density at radius 2 is 1.07 bits per heavy atom. The van der Waals surface area contributed by atoms with Crippen LogP contribution >= 0.6 is 0 Å². The van der Waals surface area contributed by atoms with Crippen molar-refractivity contribution in [2.45, 2.75) is 70.2 Å². The number of rotatable bonds is 15. The predicted octanol–water partition coefficient (Wildman–Crippen LogP) is 6.64. The number of hydrogen-bond donors (Lipinski definition) is 0. The van der Waals surface area contributed by atoms with Crippen molar-refractivity contribution in [3.63, 3.8) is 0 Å². The second-order valence-electron chi connectivity index (χ2n) is 11.6. The van der Waals surface area contributed by atoms with Gasteiger partial charge in [0, 0.05) is 19.3 Å². The third-order valence-electron chi connectivity index (χ3n) is 8.05. The number of allylic oxidation sites excluding steroid dienone is 2. The molecule has 3 unspecified atom stereocenters. The molecule has 3 heterocycles. The lowest BCUT2D eigenvalue weighted by Crippen LogP contribution is -2.06. The molecule has 42 heavy (non-hydrogen) atoms. The normalized spacial score (nSPS) is 22.1. The Morgan fingerprint density at radius 3 is 1.60 bits per heavy atom. The van der Waals surface area contributed by atoms with E-state index in [4.69, 9.17) is 28.4 Å². The molecule has 0 spiro atoms. The molecule has 3 aliphatic heterocycles. The van der Waals surface area contributed by atoms with Gasteiger partial charge in [-0.3, -0.25) is 0 Å². The summed E-state index contributed by atoms with van der Waals surface area (Å²) in [5, 5.41) is 0. The predicted molar refractivity (Wildman–Crippen MR) is 159 cm³/mol. The molecule has 3 aromatic rings. The van der Waals surface area contributed by atoms with E-state index in [1.165, 1.54) is 16.7 Å². The van der Waals surface area contributed by atoms with E-state index in [1.54, 1.807) is 0 Å². The van der Waals surface area contributed by atoms with Gasteiger partial charge in [0.1, 0.15) is 37.1 Å². The van der Waals surface area contributed by atoms with Crippen LogP contribution in [0, 0.1) is 0 Å². The summed E-state index contributed by atoms with van der Waals surface area (Å²) in [5.74, 6) is 2.81. The Bertz CT molecular complexity index is 1370. The first-order valence-corrected chi connectivity index (χ1v) is 15.1. The number of para-hydroxylation sites is 2. The highest BCUT2D eigenvalue weighted by Crippen LogP contribution is 2.30. The summed E-state index contributed by atoms with van der Waals surface area (Å²) >= 11 is 0. The lowest BCUT2D eigenvalue weighted by Gasteiger charge is -2.18. The molecule has 7 rings (SSSR count). The molecule has 0 bridgehead atoms. The second-order valence-corrected chi connectivity index (χ2v) is 11.6. The highest BCUT2D eigenvalue weighted by Gasteiger charge is 2.26. The van der Waals surface area contributed by atoms with Gasteiger partial charge in [-0.1, -0.05) is 42.5 Å². The third kappa shape index (κ3) is 7.62. The van der Waals surface area contributed by atoms with Gasteiger partial charge in [0.2, 0.25) is 0 Å². The summed E-state index contributed by atoms with van der Waals surface area (Å²) in [6, 6.07) is 23.1. The molecule has 0 saturated carbocycles. The van der Waals surface area contributed by atoms with Crippen LogP contribution in [0.5, 0.6) is 11.5 Å². The van der Waals surface area contributed by atoms with Gasteiger partial charge in [0.25, 0.3) is 0 Å². The fraction of sp³-hybridized carbons (Fsp3) is 0.389. The van der Waals surface area contributed by atoms with Crippen LogP contribution in [0.25, 0.3) is 0 Å². The van der Waals surface area contributed by atoms with E-state index in [-0.39, 0.29) is 0 Å². The first-order chi connectivity index (χ1) is 20.7. The Labute approximate surface area is 247 Å². The second kappa shape index (κ2) is 12.7. The van der Waals surface area contributed by atoms with Gasteiger partial charge >= 0.3 is 0 Å². The maximum Gasteiger partial charge on any atom is 0.123 e. The maximum atomic E-state index is 6.41. The summed E-state index contributed by atoms with van der Waals surface area (Å²) < 4.78 is 35.6. The lowest BCUT2D eigenvalue weighted by molar-refractivity contribution is 0.203. The molecule has 6 heteroatoms. The van der Waals surface area contributed by atoms with Crippen LogP contribution in [0.15, 0.2) is 90.2 Å². The van der Waals surface area contributed by atoms with E-state index >= 15 is 0 Å². The van der Waals surface area contributed by atoms with Crippen LogP contribution in [0.1, 0.15) is 47.1 Å². The molecule has 3 aromatic carbocycles. The van der Waals surface area contributed by atoms with Crippen LogP contribution in [0.4, 0.5) is 0 Å². The summed E-state index contributed by atoms with van der Waals surface area (Å²) in [6.45, 7) is 3.94. The van der Waals surface area contributed by atoms with Gasteiger partial charge in [-0.05, 0) is 82.6 Å². The van der Waals surface area contributed by atoms with Crippen molar-refractivity contribution in [3.05, 3.63) is 118 Å². The summed E-state index contributed by atoms with van der Waals surface area (Å²) in [6.07, 6.45) is 10.1. The fourth-order valence-corrected chi connectivity index (χ4v) is 5.56. The third-order valence-corrected chi connectivity index (χ3v) is 8.05. The first kappa shape index (κ1) is 27.3. The summed E-state index contributed by atoms with van der Waals surface area (Å²) in [4.78, 5) is 0. The molecular formula is C36H38O6. The molecule has 3 atom stereocenters. The largest absolute Gasteiger partial charge is 0.489 e. The molecule has 3 saturated heterocycles. The van der Waals surface area contributed by atoms with Gasteiger partial charge in [-0.15, -0.1) is 0 Å². The lowest BCUT2D eigenvalue weighted by atomic mass is 9.99. The molecule has 6 nitrogen and oxygen atoms in total. The van der Waals surface area contributed by atoms with Crippen molar-refractivity contribution >= 4 is 0 Å². The average molecular weight is 567 g/mol. The number of epoxide rings is 3. The van der Waals surface area contributed by atoms with E-state index < -0.39 is 0 Å². The summed E-state index contributed by atoms with van der Waals surface area (Å²) in [7, 11) is 0. The van der Waals surface area contributed by atoms with Crippen LogP contribution in [-0.4, -0.2) is 38.1 Å². The van der Waals surface area contributed by atoms with Crippen molar-refractivity contribution in [1.82, 2.24) is 0 Å². The number of benzene rings is 3. The topological polar surface area (TPSA) is 65.3 Å². The van der Waals surface area contributed by atoms with Gasteiger partial charge in [-0.25, -0.2) is 0 Å². The quantitative estimate of drug-likeness (QED) is 0.192. The zero-order valence-corrected chi connectivity index (χ0v) is 24.0. The number of ether oxygens (including phenoxy) is 6. The molecule has 3 fully saturated rings. The Morgan fingerprint density at radius 1 is 0.595 bits per heavy atom. The molecular weight excluding hydrogens is 528 g/mol. The monoisotopic (exact) mass is 566 g/mol. The van der Waals surface area contributed by atoms with E-state index in [9.17, 15) is 0 Å². The Hall–Kier alpha value is -3.58. The average Bonchev–Trinajstić information content (AvgIpc) is 3.85. The van der Waals surface area contributed by atoms with E-state index in [1.807, 2.05) is 24.3 Å². The Balaban J connectivity index is 1.08. The smallest absolute Gasteiger partial charge is 0.123 e. The molecule has 0 N–H and O–H groups in total. The van der Waals surface area contributed by atoms with Crippen molar-refractivity contribution in [1.29, 1.82) is 0 Å². The first-order valence-electron chi connectivity index (χ1n) is 15.1. The molecule has 0 radical (unpaired) electrons. The standard InChI is InChI=1S/C36H38O6/c1-4-10-34(28(7-1)16-31-22-37-31)40-19-25-13-26(20-41-35-11-5-2-8-29(35)17-32-23-38-32)15-27(14-25)21-42-36-12-6-3-9-30(36)18-33-24-39-33/h1-2,4-8,10-15,31-33H,3,9,16-24H2. The van der Waals surface area contributed by atoms with Crippen molar-refractivity contribution in [2.75, 3.05) is 19.8 Å². The number of hydrogen-bond acceptors (Lipinski definition) is 6. The maximum absolute atomic E-state index is 6.41. The highest BCUT2D eigenvalue weighted by molar-refractivity contribution is 5.37. The fourth-order valence-electron chi connectivity index (χ4n) is 5.56. The van der Waals surface area contributed by atoms with Crippen molar-refractivity contribution in [3.8, 4) is 11.5 Å². The minimum absolute atomic E-state index is 0.313. The van der Waals surface area contributed by atoms with Gasteiger partial charge in [0.15, 0.2) is 0 Å². The van der Waals surface area contributed by atoms with Crippen LogP contribution in [0.3, 0.4) is 0 Å². The van der Waals surface area contributed by atoms with E-state index in [0.717, 1.165) is 85.9 Å². The minimum atomic E-state index is 0.313. The van der Waals surface area contributed by atoms with E-state index in [2.05, 4.69) is 54.6 Å². The van der Waals surface area contributed by atoms with Gasteiger partial charge in [0.05, 0.1) is 38.1 Å². The van der Waals surface area contributed by atoms with Crippen molar-refractivity contribution in [2.24, 2.45) is 0 Å². The summed E-state index contributed by atoms with van der Waals surface area (Å²) in [5.41, 5.74) is 7.00. The van der Waals surface area contributed by atoms with Crippen LogP contribution < -0.4 is 9.47 Å². The zero-order valence-electron chi connectivity index (χ0n) is 24.0. The van der Waals surface area contributed by atoms with Gasteiger partial charge < -0.3 is 28.4 Å². The molecule has 0 amide bonds. The van der Waals surface area contributed by atoms with Crippen LogP contribution in [-0.2, 0) is 51.6 Å². The van der Waals surface area contributed by atoms with Crippen LogP contribution in [0.2, 0.25) is 0 Å². The molecule has 4 aliphatic rings. The molecule has 1 aliphatic carbocycles.